The van der Waals surface area contributed by atoms with Crippen molar-refractivity contribution in [2.24, 2.45) is 0 Å². The van der Waals surface area contributed by atoms with Crippen LogP contribution in [-0.2, 0) is 6.18 Å². The molecule has 5 nitrogen and oxygen atoms in total. The summed E-state index contributed by atoms with van der Waals surface area (Å²) in [5.74, 6) is 0.249. The Bertz CT molecular complexity index is 434. The lowest BCUT2D eigenvalue weighted by molar-refractivity contribution is -0.141. The smallest absolute Gasteiger partial charge is 0.358 e. The molecule has 0 atom stereocenters. The molecule has 0 aliphatic heterocycles. The number of anilines is 2. The maximum absolute atomic E-state index is 12.8. The molecule has 8 heteroatoms. The predicted molar refractivity (Wildman–Crippen MR) is 73.0 cm³/mol. The summed E-state index contributed by atoms with van der Waals surface area (Å²) in [5.41, 5.74) is -0.935. The minimum Gasteiger partial charge on any atom is -0.358 e. The Morgan fingerprint density at radius 2 is 1.80 bits per heavy atom. The van der Waals surface area contributed by atoms with Gasteiger partial charge in [0.1, 0.15) is 5.82 Å². The van der Waals surface area contributed by atoms with Gasteiger partial charge < -0.3 is 15.1 Å². The molecule has 1 rings (SSSR count). The van der Waals surface area contributed by atoms with Crippen LogP contribution in [0.4, 0.5) is 24.9 Å². The Morgan fingerprint density at radius 1 is 1.15 bits per heavy atom. The summed E-state index contributed by atoms with van der Waals surface area (Å²) in [7, 11) is 5.51. The molecule has 0 aliphatic rings. The zero-order chi connectivity index (χ0) is 15.3. The van der Waals surface area contributed by atoms with Crippen molar-refractivity contribution in [2.45, 2.75) is 13.1 Å². The van der Waals surface area contributed by atoms with E-state index in [0.717, 1.165) is 12.6 Å². The van der Waals surface area contributed by atoms with Gasteiger partial charge in [-0.3, -0.25) is 0 Å². The highest BCUT2D eigenvalue weighted by Gasteiger charge is 2.34. The molecular weight excluding hydrogens is 271 g/mol. The van der Waals surface area contributed by atoms with Crippen molar-refractivity contribution in [3.05, 3.63) is 11.8 Å². The molecular formula is C12H20F3N5. The van der Waals surface area contributed by atoms with E-state index in [4.69, 9.17) is 0 Å². The number of nitrogens with one attached hydrogen (secondary N) is 1. The molecule has 114 valence electrons. The Balaban J connectivity index is 3.02. The van der Waals surface area contributed by atoms with Gasteiger partial charge in [0.15, 0.2) is 5.69 Å². The first kappa shape index (κ1) is 16.5. The lowest BCUT2D eigenvalue weighted by Gasteiger charge is -2.22. The number of hydrogen-bond acceptors (Lipinski definition) is 5. The third-order valence-electron chi connectivity index (χ3n) is 2.61. The first-order valence-electron chi connectivity index (χ1n) is 6.30. The molecule has 1 aromatic heterocycles. The van der Waals surface area contributed by atoms with E-state index in [1.807, 2.05) is 19.0 Å². The second-order valence-electron chi connectivity index (χ2n) is 4.69. The molecule has 0 saturated carbocycles. The highest BCUT2D eigenvalue weighted by atomic mass is 19.4. The average Bonchev–Trinajstić information content (AvgIpc) is 2.34. The highest BCUT2D eigenvalue weighted by molar-refractivity contribution is 5.45. The van der Waals surface area contributed by atoms with Crippen LogP contribution in [0.1, 0.15) is 12.6 Å². The normalized spacial score (nSPS) is 11.8. The molecule has 0 aliphatic carbocycles. The highest BCUT2D eigenvalue weighted by Crippen LogP contribution is 2.30. The molecule has 0 bridgehead atoms. The monoisotopic (exact) mass is 291 g/mol. The van der Waals surface area contributed by atoms with Gasteiger partial charge in [0.25, 0.3) is 0 Å². The zero-order valence-electron chi connectivity index (χ0n) is 12.1. The van der Waals surface area contributed by atoms with E-state index in [0.29, 0.717) is 13.1 Å². The summed E-state index contributed by atoms with van der Waals surface area (Å²) in [6.07, 6.45) is -4.48. The molecule has 1 N–H and O–H groups in total. The molecule has 1 heterocycles. The van der Waals surface area contributed by atoms with Crippen molar-refractivity contribution in [2.75, 3.05) is 51.0 Å². The Kier molecular flexibility index (Phi) is 5.55. The molecule has 0 radical (unpaired) electrons. The van der Waals surface area contributed by atoms with Crippen LogP contribution in [0.25, 0.3) is 0 Å². The largest absolute Gasteiger partial charge is 0.433 e. The number of rotatable bonds is 6. The second-order valence-corrected chi connectivity index (χ2v) is 4.69. The Morgan fingerprint density at radius 3 is 2.30 bits per heavy atom. The van der Waals surface area contributed by atoms with Crippen LogP contribution >= 0.6 is 0 Å². The Labute approximate surface area is 116 Å². The third kappa shape index (κ3) is 4.84. The van der Waals surface area contributed by atoms with Crippen molar-refractivity contribution in [3.63, 3.8) is 0 Å². The average molecular weight is 291 g/mol. The predicted octanol–water partition coefficient (Wildman–Crippen LogP) is 1.92. The fourth-order valence-corrected chi connectivity index (χ4v) is 1.48. The molecule has 0 unspecified atom stereocenters. The third-order valence-corrected chi connectivity index (χ3v) is 2.61. The SMILES string of the molecule is CCNc1nc(N(C)CCN(C)C)cc(C(F)(F)F)n1. The van der Waals surface area contributed by atoms with Crippen LogP contribution < -0.4 is 10.2 Å². The van der Waals surface area contributed by atoms with Crippen molar-refractivity contribution in [3.8, 4) is 0 Å². The second kappa shape index (κ2) is 6.74. The summed E-state index contributed by atoms with van der Waals surface area (Å²) < 4.78 is 38.5. The molecule has 0 amide bonds. The standard InChI is InChI=1S/C12H20F3N5/c1-5-16-11-17-9(12(13,14)15)8-10(18-11)20(4)7-6-19(2)3/h8H,5-7H2,1-4H3,(H,16,17,18). The van der Waals surface area contributed by atoms with Crippen LogP contribution in [-0.4, -0.2) is 55.6 Å². The van der Waals surface area contributed by atoms with Gasteiger partial charge in [-0.2, -0.15) is 18.2 Å². The molecule has 1 aromatic rings. The number of hydrogen-bond donors (Lipinski definition) is 1. The minimum atomic E-state index is -4.48. The van der Waals surface area contributed by atoms with E-state index in [1.54, 1.807) is 18.9 Å². The van der Waals surface area contributed by atoms with Crippen LogP contribution in [0.5, 0.6) is 0 Å². The van der Waals surface area contributed by atoms with E-state index in [9.17, 15) is 13.2 Å². The number of halogens is 3. The van der Waals surface area contributed by atoms with E-state index >= 15 is 0 Å². The van der Waals surface area contributed by atoms with Crippen molar-refractivity contribution < 1.29 is 13.2 Å². The fraction of sp³-hybridized carbons (Fsp3) is 0.667. The maximum Gasteiger partial charge on any atom is 0.433 e. The van der Waals surface area contributed by atoms with Gasteiger partial charge in [0.05, 0.1) is 0 Å². The Hall–Kier alpha value is -1.57. The number of aromatic nitrogens is 2. The zero-order valence-corrected chi connectivity index (χ0v) is 12.1. The molecule has 20 heavy (non-hydrogen) atoms. The van der Waals surface area contributed by atoms with Gasteiger partial charge in [-0.25, -0.2) is 4.98 Å². The van der Waals surface area contributed by atoms with Gasteiger partial charge in [-0.05, 0) is 21.0 Å². The maximum atomic E-state index is 12.8. The summed E-state index contributed by atoms with van der Waals surface area (Å²) >= 11 is 0. The van der Waals surface area contributed by atoms with Crippen LogP contribution in [0.2, 0.25) is 0 Å². The number of nitrogens with zero attached hydrogens (tertiary/aromatic N) is 4. The summed E-state index contributed by atoms with van der Waals surface area (Å²) in [6.45, 7) is 3.53. The molecule has 0 spiro atoms. The van der Waals surface area contributed by atoms with E-state index in [1.165, 1.54) is 0 Å². The van der Waals surface area contributed by atoms with Gasteiger partial charge in [0, 0.05) is 32.7 Å². The van der Waals surface area contributed by atoms with Crippen LogP contribution in [0.15, 0.2) is 6.07 Å². The topological polar surface area (TPSA) is 44.3 Å². The summed E-state index contributed by atoms with van der Waals surface area (Å²) in [4.78, 5) is 11.2. The van der Waals surface area contributed by atoms with Gasteiger partial charge in [0.2, 0.25) is 5.95 Å². The first-order chi connectivity index (χ1) is 9.24. The molecule has 0 fully saturated rings. The molecule has 0 saturated heterocycles. The van der Waals surface area contributed by atoms with Crippen molar-refractivity contribution in [1.82, 2.24) is 14.9 Å². The van der Waals surface area contributed by atoms with Gasteiger partial charge >= 0.3 is 6.18 Å². The quantitative estimate of drug-likeness (QED) is 0.867. The lowest BCUT2D eigenvalue weighted by Crippen LogP contribution is -2.29. The van der Waals surface area contributed by atoms with E-state index < -0.39 is 11.9 Å². The minimum absolute atomic E-state index is 0.00553. The molecule has 0 aromatic carbocycles. The first-order valence-corrected chi connectivity index (χ1v) is 6.30. The van der Waals surface area contributed by atoms with Crippen LogP contribution in [0.3, 0.4) is 0 Å². The van der Waals surface area contributed by atoms with E-state index in [2.05, 4.69) is 15.3 Å². The number of alkyl halides is 3. The van der Waals surface area contributed by atoms with Crippen molar-refractivity contribution in [1.29, 1.82) is 0 Å². The lowest BCUT2D eigenvalue weighted by atomic mass is 10.3. The van der Waals surface area contributed by atoms with Crippen molar-refractivity contribution >= 4 is 11.8 Å². The fourth-order valence-electron chi connectivity index (χ4n) is 1.48. The van der Waals surface area contributed by atoms with E-state index in [-0.39, 0.29) is 11.8 Å². The summed E-state index contributed by atoms with van der Waals surface area (Å²) in [5, 5.41) is 2.72. The van der Waals surface area contributed by atoms with Gasteiger partial charge in [-0.15, -0.1) is 0 Å². The summed E-state index contributed by atoms with van der Waals surface area (Å²) in [6, 6.07) is 0.969. The number of likely N-dealkylation sites (N-methyl/N-ethyl adjacent to an activating group) is 2. The van der Waals surface area contributed by atoms with Crippen LogP contribution in [0, 0.1) is 0 Å². The van der Waals surface area contributed by atoms with Gasteiger partial charge in [-0.1, -0.05) is 0 Å².